The molecule has 0 unspecified atom stereocenters. The molecule has 4 bridgehead atoms. The fourth-order valence-electron chi connectivity index (χ4n) is 6.94. The van der Waals surface area contributed by atoms with Gasteiger partial charge in [0.15, 0.2) is 0 Å². The van der Waals surface area contributed by atoms with Crippen LogP contribution in [0.15, 0.2) is 35.3 Å². The Hall–Kier alpha value is -2.83. The third kappa shape index (κ3) is 4.02. The summed E-state index contributed by atoms with van der Waals surface area (Å²) in [6, 6.07) is 6.60. The maximum absolute atomic E-state index is 13.5. The SMILES string of the molecule is Cc1c[nH]c(=O)n1-c1cccc(NC(=O)[C@@H](NC(=O)C23CC4CC(CC(C4)C2)C3)C(C)C)c1. The van der Waals surface area contributed by atoms with E-state index in [2.05, 4.69) is 15.6 Å². The van der Waals surface area contributed by atoms with E-state index in [1.807, 2.05) is 32.9 Å². The van der Waals surface area contributed by atoms with Crippen LogP contribution in [-0.4, -0.2) is 27.4 Å². The Morgan fingerprint density at radius 1 is 1.09 bits per heavy atom. The molecule has 0 spiro atoms. The maximum atomic E-state index is 13.5. The summed E-state index contributed by atoms with van der Waals surface area (Å²) in [5, 5.41) is 6.11. The number of amides is 2. The predicted octanol–water partition coefficient (Wildman–Crippen LogP) is 3.77. The van der Waals surface area contributed by atoms with Gasteiger partial charge in [-0.2, -0.15) is 0 Å². The second-order valence-corrected chi connectivity index (χ2v) is 11.0. The van der Waals surface area contributed by atoms with E-state index in [9.17, 15) is 14.4 Å². The third-order valence-corrected chi connectivity index (χ3v) is 8.09. The van der Waals surface area contributed by atoms with Gasteiger partial charge in [-0.1, -0.05) is 19.9 Å². The van der Waals surface area contributed by atoms with E-state index in [0.717, 1.165) is 25.0 Å². The summed E-state index contributed by atoms with van der Waals surface area (Å²) in [6.07, 6.45) is 8.42. The van der Waals surface area contributed by atoms with E-state index in [4.69, 9.17) is 0 Å². The molecular formula is C26H34N4O3. The number of aromatic nitrogens is 2. The minimum Gasteiger partial charge on any atom is -0.344 e. The van der Waals surface area contributed by atoms with Crippen LogP contribution in [-0.2, 0) is 9.59 Å². The van der Waals surface area contributed by atoms with Crippen LogP contribution < -0.4 is 16.3 Å². The van der Waals surface area contributed by atoms with Gasteiger partial charge in [-0.3, -0.25) is 14.2 Å². The standard InChI is InChI=1S/C26H34N4O3/c1-15(2)22(29-24(32)26-11-17-7-18(12-26)9-19(8-17)13-26)23(31)28-20-5-4-6-21(10-20)30-16(3)14-27-25(30)33/h4-6,10,14-15,17-19,22H,7-9,11-13H2,1-3H3,(H,27,33)(H,28,31)(H,29,32)/t17?,18?,19?,22-,26?/m0/s1. The number of anilines is 1. The van der Waals surface area contributed by atoms with E-state index < -0.39 is 6.04 Å². The lowest BCUT2D eigenvalue weighted by Gasteiger charge is -2.55. The molecular weight excluding hydrogens is 416 g/mol. The van der Waals surface area contributed by atoms with Crippen molar-refractivity contribution < 1.29 is 9.59 Å². The van der Waals surface area contributed by atoms with Crippen molar-refractivity contribution in [1.29, 1.82) is 0 Å². The van der Waals surface area contributed by atoms with Gasteiger partial charge in [0.2, 0.25) is 11.8 Å². The van der Waals surface area contributed by atoms with Gasteiger partial charge < -0.3 is 15.6 Å². The maximum Gasteiger partial charge on any atom is 0.330 e. The fraction of sp³-hybridized carbons (Fsp3) is 0.577. The van der Waals surface area contributed by atoms with Gasteiger partial charge in [0.25, 0.3) is 0 Å². The van der Waals surface area contributed by atoms with Crippen molar-refractivity contribution in [2.24, 2.45) is 29.1 Å². The molecule has 1 heterocycles. The monoisotopic (exact) mass is 450 g/mol. The molecule has 4 fully saturated rings. The van der Waals surface area contributed by atoms with Crippen molar-refractivity contribution in [2.75, 3.05) is 5.32 Å². The normalized spacial score (nSPS) is 28.7. The number of benzene rings is 1. The van der Waals surface area contributed by atoms with Crippen LogP contribution in [0.4, 0.5) is 5.69 Å². The van der Waals surface area contributed by atoms with Gasteiger partial charge in [-0.15, -0.1) is 0 Å². The van der Waals surface area contributed by atoms with Crippen molar-refractivity contribution in [3.63, 3.8) is 0 Å². The molecule has 2 amide bonds. The Morgan fingerprint density at radius 3 is 2.27 bits per heavy atom. The van der Waals surface area contributed by atoms with Crippen LogP contribution in [0.25, 0.3) is 5.69 Å². The molecule has 4 aliphatic carbocycles. The molecule has 0 saturated heterocycles. The molecule has 7 heteroatoms. The number of rotatable bonds is 6. The van der Waals surface area contributed by atoms with E-state index >= 15 is 0 Å². The number of carbonyl (C=O) groups excluding carboxylic acids is 2. The number of H-pyrrole nitrogens is 1. The summed E-state index contributed by atoms with van der Waals surface area (Å²) in [7, 11) is 0. The van der Waals surface area contributed by atoms with Crippen molar-refractivity contribution in [3.05, 3.63) is 46.6 Å². The van der Waals surface area contributed by atoms with E-state index in [0.29, 0.717) is 29.1 Å². The molecule has 3 N–H and O–H groups in total. The highest BCUT2D eigenvalue weighted by molar-refractivity contribution is 5.98. The number of imidazole rings is 1. The molecule has 1 aromatic carbocycles. The first-order valence-electron chi connectivity index (χ1n) is 12.2. The molecule has 33 heavy (non-hydrogen) atoms. The van der Waals surface area contributed by atoms with Crippen LogP contribution in [0.3, 0.4) is 0 Å². The molecule has 2 aromatic rings. The fourth-order valence-corrected chi connectivity index (χ4v) is 6.94. The number of nitrogens with one attached hydrogen (secondary N) is 3. The highest BCUT2D eigenvalue weighted by Gasteiger charge is 2.55. The molecule has 1 aromatic heterocycles. The molecule has 1 atom stereocenters. The molecule has 176 valence electrons. The largest absolute Gasteiger partial charge is 0.344 e. The second-order valence-electron chi connectivity index (χ2n) is 11.0. The third-order valence-electron chi connectivity index (χ3n) is 8.09. The lowest BCUT2D eigenvalue weighted by molar-refractivity contribution is -0.148. The Balaban J connectivity index is 1.31. The van der Waals surface area contributed by atoms with Crippen LogP contribution in [0, 0.1) is 36.0 Å². The topological polar surface area (TPSA) is 96.0 Å². The molecule has 0 aliphatic heterocycles. The van der Waals surface area contributed by atoms with Gasteiger partial charge in [-0.25, -0.2) is 4.79 Å². The zero-order valence-corrected chi connectivity index (χ0v) is 19.7. The number of hydrogen-bond donors (Lipinski definition) is 3. The highest BCUT2D eigenvalue weighted by atomic mass is 16.2. The summed E-state index contributed by atoms with van der Waals surface area (Å²) in [5.41, 5.74) is 1.55. The Labute approximate surface area is 194 Å². The first-order chi connectivity index (χ1) is 15.7. The minimum absolute atomic E-state index is 0.0411. The average molecular weight is 451 g/mol. The first kappa shape index (κ1) is 22.0. The number of nitrogens with zero attached hydrogens (tertiary/aromatic N) is 1. The second kappa shape index (κ2) is 8.19. The molecule has 4 aliphatic rings. The van der Waals surface area contributed by atoms with Crippen LogP contribution in [0.5, 0.6) is 0 Å². The lowest BCUT2D eigenvalue weighted by Crippen LogP contribution is -2.57. The predicted molar refractivity (Wildman–Crippen MR) is 127 cm³/mol. The van der Waals surface area contributed by atoms with Crippen molar-refractivity contribution in [3.8, 4) is 5.69 Å². The number of aromatic amines is 1. The van der Waals surface area contributed by atoms with E-state index in [-0.39, 0.29) is 28.8 Å². The number of aryl methyl sites for hydroxylation is 1. The first-order valence-corrected chi connectivity index (χ1v) is 12.2. The smallest absolute Gasteiger partial charge is 0.330 e. The van der Waals surface area contributed by atoms with Crippen LogP contribution >= 0.6 is 0 Å². The Bertz CT molecular complexity index is 1090. The number of hydrogen-bond acceptors (Lipinski definition) is 3. The number of carbonyl (C=O) groups is 2. The summed E-state index contributed by atoms with van der Waals surface area (Å²) in [6.45, 7) is 5.77. The van der Waals surface area contributed by atoms with Crippen LogP contribution in [0.2, 0.25) is 0 Å². The van der Waals surface area contributed by atoms with Gasteiger partial charge in [0.1, 0.15) is 6.04 Å². The average Bonchev–Trinajstić information content (AvgIpc) is 3.08. The van der Waals surface area contributed by atoms with E-state index in [1.54, 1.807) is 22.9 Å². The van der Waals surface area contributed by atoms with Crippen LogP contribution in [0.1, 0.15) is 58.1 Å². The zero-order valence-electron chi connectivity index (χ0n) is 19.7. The van der Waals surface area contributed by atoms with Gasteiger partial charge in [0.05, 0.1) is 5.69 Å². The minimum atomic E-state index is -0.606. The van der Waals surface area contributed by atoms with Gasteiger partial charge >= 0.3 is 5.69 Å². The van der Waals surface area contributed by atoms with Crippen molar-refractivity contribution in [1.82, 2.24) is 14.9 Å². The molecule has 4 saturated carbocycles. The van der Waals surface area contributed by atoms with Crippen molar-refractivity contribution in [2.45, 2.75) is 65.3 Å². The van der Waals surface area contributed by atoms with Gasteiger partial charge in [0, 0.05) is 23.0 Å². The zero-order chi connectivity index (χ0) is 23.3. The molecule has 7 nitrogen and oxygen atoms in total. The summed E-state index contributed by atoms with van der Waals surface area (Å²) in [5.74, 6) is 1.83. The summed E-state index contributed by atoms with van der Waals surface area (Å²) >= 11 is 0. The van der Waals surface area contributed by atoms with E-state index in [1.165, 1.54) is 19.3 Å². The molecule has 6 rings (SSSR count). The Kier molecular flexibility index (Phi) is 5.46. The quantitative estimate of drug-likeness (QED) is 0.625. The highest BCUT2D eigenvalue weighted by Crippen LogP contribution is 2.60. The van der Waals surface area contributed by atoms with Crippen molar-refractivity contribution >= 4 is 17.5 Å². The summed E-state index contributed by atoms with van der Waals surface area (Å²) in [4.78, 5) is 41.6. The molecule has 0 radical (unpaired) electrons. The lowest BCUT2D eigenvalue weighted by atomic mass is 9.49. The Morgan fingerprint density at radius 2 is 1.73 bits per heavy atom. The van der Waals surface area contributed by atoms with Gasteiger partial charge in [-0.05, 0) is 87.3 Å². The summed E-state index contributed by atoms with van der Waals surface area (Å²) < 4.78 is 1.56.